The Kier molecular flexibility index (Phi) is 11.4. The summed E-state index contributed by atoms with van der Waals surface area (Å²) in [6.45, 7) is 6.96. The maximum Gasteiger partial charge on any atom is 0.257 e. The van der Waals surface area contributed by atoms with Crippen LogP contribution in [0.2, 0.25) is 0 Å². The molecule has 4 aromatic heterocycles. The third-order valence-corrected chi connectivity index (χ3v) is 8.57. The largest absolute Gasteiger partial charge is 0.478 e. The van der Waals surface area contributed by atoms with E-state index in [0.717, 1.165) is 42.6 Å². The SMILES string of the molecule is CC(=O)N(C)CCNc1ccc(NC(=O)c2c[nH]c3c2C(=O)CCC3)cn1.CCOc1cc(C)c(NC(=O)c2c[nH]c3c2C(=O)CCC3)cn1. The maximum atomic E-state index is 12.5. The number of carbonyl (C=O) groups excluding carboxylic acids is 5. The number of anilines is 3. The highest BCUT2D eigenvalue weighted by molar-refractivity contribution is 6.14. The standard InChI is InChI=1S/C19H23N5O3.C17H19N3O3/c1-12(25)24(2)9-8-20-17-7-6-13(10-22-17)23-19(27)14-11-21-15-4-3-5-16(26)18(14)15;1-3-23-15-7-10(2)13(9-19-15)20-17(22)11-8-18-12-5-4-6-14(21)16(11)12/h6-7,10-11,21H,3-5,8-9H2,1-2H3,(H,20,22)(H,23,27);7-9,18H,3-6H2,1-2H3,(H,20,22). The van der Waals surface area contributed by atoms with E-state index < -0.39 is 0 Å². The van der Waals surface area contributed by atoms with Gasteiger partial charge in [-0.15, -0.1) is 0 Å². The summed E-state index contributed by atoms with van der Waals surface area (Å²) in [6, 6.07) is 5.26. The number of amides is 3. The Bertz CT molecular complexity index is 1890. The van der Waals surface area contributed by atoms with E-state index in [-0.39, 0.29) is 29.3 Å². The first-order chi connectivity index (χ1) is 24.0. The second-order valence-corrected chi connectivity index (χ2v) is 12.1. The Morgan fingerprint density at radius 1 is 0.880 bits per heavy atom. The molecule has 0 saturated carbocycles. The monoisotopic (exact) mass is 682 g/mol. The molecule has 3 amide bonds. The fourth-order valence-electron chi connectivity index (χ4n) is 5.78. The molecule has 2 aliphatic carbocycles. The topological polar surface area (TPSA) is 191 Å². The van der Waals surface area contributed by atoms with Crippen LogP contribution in [-0.2, 0) is 17.6 Å². The fraction of sp³-hybridized carbons (Fsp3) is 0.361. The summed E-state index contributed by atoms with van der Waals surface area (Å²) in [6.07, 6.45) is 10.5. The number of hydrogen-bond acceptors (Lipinski definition) is 9. The minimum absolute atomic E-state index is 0.00764. The number of likely N-dealkylation sites (N-methyl/N-ethyl adjacent to an activating group) is 1. The van der Waals surface area contributed by atoms with E-state index >= 15 is 0 Å². The predicted molar refractivity (Wildman–Crippen MR) is 188 cm³/mol. The van der Waals surface area contributed by atoms with Crippen LogP contribution >= 0.6 is 0 Å². The third kappa shape index (κ3) is 8.43. The molecular formula is C36H42N8O6. The molecule has 0 spiro atoms. The Balaban J connectivity index is 0.000000197. The Labute approximate surface area is 289 Å². The Hall–Kier alpha value is -5.79. The molecule has 0 fully saturated rings. The molecule has 50 heavy (non-hydrogen) atoms. The zero-order chi connectivity index (χ0) is 35.8. The van der Waals surface area contributed by atoms with Crippen LogP contribution in [0.4, 0.5) is 17.2 Å². The summed E-state index contributed by atoms with van der Waals surface area (Å²) in [5.74, 6) is 0.597. The van der Waals surface area contributed by atoms with Gasteiger partial charge in [0.15, 0.2) is 11.6 Å². The predicted octanol–water partition coefficient (Wildman–Crippen LogP) is 4.96. The molecule has 0 unspecified atom stereocenters. The molecule has 4 heterocycles. The Morgan fingerprint density at radius 2 is 1.50 bits per heavy atom. The van der Waals surface area contributed by atoms with Gasteiger partial charge in [-0.3, -0.25) is 24.0 Å². The van der Waals surface area contributed by atoms with Gasteiger partial charge < -0.3 is 35.6 Å². The van der Waals surface area contributed by atoms with Crippen LogP contribution in [0.5, 0.6) is 5.88 Å². The van der Waals surface area contributed by atoms with E-state index in [1.807, 2.05) is 13.8 Å². The number of hydrogen-bond donors (Lipinski definition) is 5. The van der Waals surface area contributed by atoms with Crippen LogP contribution in [0.1, 0.15) is 97.9 Å². The van der Waals surface area contributed by atoms with Gasteiger partial charge in [0, 0.05) is 69.8 Å². The molecule has 0 atom stereocenters. The van der Waals surface area contributed by atoms with Crippen LogP contribution in [0.25, 0.3) is 0 Å². The van der Waals surface area contributed by atoms with Crippen LogP contribution < -0.4 is 20.7 Å². The molecule has 0 radical (unpaired) electrons. The van der Waals surface area contributed by atoms with Crippen molar-refractivity contribution in [3.8, 4) is 5.88 Å². The minimum Gasteiger partial charge on any atom is -0.478 e. The summed E-state index contributed by atoms with van der Waals surface area (Å²) in [5.41, 5.74) is 5.53. The van der Waals surface area contributed by atoms with E-state index in [1.165, 1.54) is 6.92 Å². The number of aromatic nitrogens is 4. The lowest BCUT2D eigenvalue weighted by molar-refractivity contribution is -0.127. The summed E-state index contributed by atoms with van der Waals surface area (Å²) in [7, 11) is 1.74. The first-order valence-corrected chi connectivity index (χ1v) is 16.7. The number of nitrogens with one attached hydrogen (secondary N) is 5. The molecule has 0 aliphatic heterocycles. The lowest BCUT2D eigenvalue weighted by Crippen LogP contribution is -2.29. The van der Waals surface area contributed by atoms with Gasteiger partial charge in [0.25, 0.3) is 11.8 Å². The average molecular weight is 683 g/mol. The second-order valence-electron chi connectivity index (χ2n) is 12.1. The van der Waals surface area contributed by atoms with Gasteiger partial charge in [0.05, 0.1) is 52.6 Å². The molecule has 0 aromatic carbocycles. The lowest BCUT2D eigenvalue weighted by atomic mass is 9.93. The smallest absolute Gasteiger partial charge is 0.257 e. The highest BCUT2D eigenvalue weighted by atomic mass is 16.5. The number of ether oxygens (including phenoxy) is 1. The average Bonchev–Trinajstić information content (AvgIpc) is 3.74. The lowest BCUT2D eigenvalue weighted by Gasteiger charge is -2.15. The number of Topliss-reactive ketones (excluding diaryl/α,β-unsaturated/α-hetero) is 2. The molecule has 14 nitrogen and oxygen atoms in total. The molecule has 0 saturated heterocycles. The fourth-order valence-corrected chi connectivity index (χ4v) is 5.78. The van der Waals surface area contributed by atoms with Crippen LogP contribution in [-0.4, -0.2) is 80.9 Å². The molecule has 262 valence electrons. The number of aromatic amines is 2. The van der Waals surface area contributed by atoms with Gasteiger partial charge in [-0.2, -0.15) is 0 Å². The zero-order valence-electron chi connectivity index (χ0n) is 28.7. The van der Waals surface area contributed by atoms with Crippen molar-refractivity contribution in [2.75, 3.05) is 42.7 Å². The normalized spacial score (nSPS) is 13.3. The Morgan fingerprint density at radius 3 is 2.04 bits per heavy atom. The van der Waals surface area contributed by atoms with Crippen molar-refractivity contribution >= 4 is 46.5 Å². The van der Waals surface area contributed by atoms with Gasteiger partial charge >= 0.3 is 0 Å². The summed E-state index contributed by atoms with van der Waals surface area (Å²) in [4.78, 5) is 76.5. The minimum atomic E-state index is -0.326. The van der Waals surface area contributed by atoms with Crippen LogP contribution in [0, 0.1) is 6.92 Å². The third-order valence-electron chi connectivity index (χ3n) is 8.57. The number of ketones is 2. The molecule has 5 N–H and O–H groups in total. The molecular weight excluding hydrogens is 640 g/mol. The summed E-state index contributed by atoms with van der Waals surface area (Å²) >= 11 is 0. The van der Waals surface area contributed by atoms with Crippen molar-refractivity contribution in [3.63, 3.8) is 0 Å². The first kappa shape index (κ1) is 35.5. The van der Waals surface area contributed by atoms with Gasteiger partial charge in [0.2, 0.25) is 11.8 Å². The van der Waals surface area contributed by atoms with Crippen LogP contribution in [0.15, 0.2) is 43.0 Å². The number of aryl methyl sites for hydroxylation is 3. The molecule has 6 rings (SSSR count). The quantitative estimate of drug-likeness (QED) is 0.154. The van der Waals surface area contributed by atoms with Gasteiger partial charge in [0.1, 0.15) is 5.82 Å². The molecule has 0 bridgehead atoms. The number of nitrogens with zero attached hydrogens (tertiary/aromatic N) is 3. The maximum absolute atomic E-state index is 12.5. The number of rotatable bonds is 10. The van der Waals surface area contributed by atoms with Crippen molar-refractivity contribution in [2.24, 2.45) is 0 Å². The first-order valence-electron chi connectivity index (χ1n) is 16.7. The van der Waals surface area contributed by atoms with E-state index in [2.05, 4.69) is 35.9 Å². The molecule has 4 aromatic rings. The number of fused-ring (bicyclic) bond motifs is 2. The number of H-pyrrole nitrogens is 2. The second kappa shape index (κ2) is 16.1. The van der Waals surface area contributed by atoms with Gasteiger partial charge in [-0.1, -0.05) is 0 Å². The van der Waals surface area contributed by atoms with E-state index in [1.54, 1.807) is 54.9 Å². The van der Waals surface area contributed by atoms with Crippen molar-refractivity contribution in [1.29, 1.82) is 0 Å². The summed E-state index contributed by atoms with van der Waals surface area (Å²) < 4.78 is 5.33. The van der Waals surface area contributed by atoms with Crippen LogP contribution in [0.3, 0.4) is 0 Å². The van der Waals surface area contributed by atoms with Crippen molar-refractivity contribution in [3.05, 3.63) is 82.2 Å². The zero-order valence-corrected chi connectivity index (χ0v) is 28.7. The number of carbonyl (C=O) groups is 5. The van der Waals surface area contributed by atoms with Crippen molar-refractivity contribution < 1.29 is 28.7 Å². The van der Waals surface area contributed by atoms with Crippen molar-refractivity contribution in [1.82, 2.24) is 24.8 Å². The highest BCUT2D eigenvalue weighted by Gasteiger charge is 2.27. The number of pyridine rings is 2. The van der Waals surface area contributed by atoms with Gasteiger partial charge in [-0.25, -0.2) is 9.97 Å². The highest BCUT2D eigenvalue weighted by Crippen LogP contribution is 2.27. The van der Waals surface area contributed by atoms with Crippen molar-refractivity contribution in [2.45, 2.75) is 59.3 Å². The summed E-state index contributed by atoms with van der Waals surface area (Å²) in [5, 5.41) is 8.72. The van der Waals surface area contributed by atoms with Gasteiger partial charge in [-0.05, 0) is 57.2 Å². The molecule has 14 heteroatoms. The van der Waals surface area contributed by atoms with E-state index in [4.69, 9.17) is 4.74 Å². The molecule has 2 aliphatic rings. The van der Waals surface area contributed by atoms with E-state index in [9.17, 15) is 24.0 Å². The van der Waals surface area contributed by atoms with E-state index in [0.29, 0.717) is 77.9 Å².